The summed E-state index contributed by atoms with van der Waals surface area (Å²) in [4.78, 5) is 12.6. The van der Waals surface area contributed by atoms with Gasteiger partial charge in [-0.25, -0.2) is 9.97 Å². The van der Waals surface area contributed by atoms with Gasteiger partial charge in [-0.2, -0.15) is 0 Å². The lowest BCUT2D eigenvalue weighted by molar-refractivity contribution is 0.397. The van der Waals surface area contributed by atoms with Crippen molar-refractivity contribution in [3.05, 3.63) is 47.9 Å². The maximum absolute atomic E-state index is 5.30. The van der Waals surface area contributed by atoms with Crippen LogP contribution in [0.3, 0.4) is 0 Å². The normalized spacial score (nSPS) is 10.5. The molecule has 0 fully saturated rings. The van der Waals surface area contributed by atoms with Gasteiger partial charge in [0, 0.05) is 35.9 Å². The summed E-state index contributed by atoms with van der Waals surface area (Å²) in [5, 5.41) is 11.2. The number of methoxy groups -OCH3 is 1. The fourth-order valence-electron chi connectivity index (χ4n) is 2.67. The fourth-order valence-corrected chi connectivity index (χ4v) is 2.88. The lowest BCUT2D eigenvalue weighted by Crippen LogP contribution is -2.32. The van der Waals surface area contributed by atoms with Crippen LogP contribution < -0.4 is 20.7 Å². The zero-order chi connectivity index (χ0) is 19.2. The van der Waals surface area contributed by atoms with E-state index in [9.17, 15) is 0 Å². The number of ether oxygens (including phenoxy) is 1. The molecule has 2 aromatic heterocycles. The molecule has 3 aromatic rings. The Balaban J connectivity index is 1.55. The SMILES string of the molecule is COc1cc(NC(=S)NCCNc2cc(C)nc3ccc(C)cc23)ncn1. The first-order valence-corrected chi connectivity index (χ1v) is 8.99. The van der Waals surface area contributed by atoms with Gasteiger partial charge in [0.2, 0.25) is 5.88 Å². The number of nitrogens with one attached hydrogen (secondary N) is 3. The van der Waals surface area contributed by atoms with Crippen molar-refractivity contribution in [2.45, 2.75) is 13.8 Å². The van der Waals surface area contributed by atoms with E-state index in [0.29, 0.717) is 29.9 Å². The second-order valence-corrected chi connectivity index (χ2v) is 6.49. The van der Waals surface area contributed by atoms with E-state index in [0.717, 1.165) is 22.3 Å². The van der Waals surface area contributed by atoms with Crippen molar-refractivity contribution in [1.82, 2.24) is 20.3 Å². The molecule has 0 spiro atoms. The first kappa shape index (κ1) is 18.8. The summed E-state index contributed by atoms with van der Waals surface area (Å²) in [6, 6.07) is 10.0. The van der Waals surface area contributed by atoms with Crippen LogP contribution in [0.25, 0.3) is 10.9 Å². The van der Waals surface area contributed by atoms with Crippen molar-refractivity contribution in [2.24, 2.45) is 0 Å². The third-order valence-corrected chi connectivity index (χ3v) is 4.16. The second-order valence-electron chi connectivity index (χ2n) is 6.09. The van der Waals surface area contributed by atoms with E-state index in [2.05, 4.69) is 62.1 Å². The standard InChI is InChI=1S/C19H22N6OS/c1-12-4-5-15-14(8-12)16(9-13(2)24-15)20-6-7-21-19(27)25-17-10-18(26-3)23-11-22-17/h4-5,8-11H,6-7H2,1-3H3,(H,20,24)(H2,21,22,23,25,27). The van der Waals surface area contributed by atoms with Gasteiger partial charge in [0.25, 0.3) is 0 Å². The highest BCUT2D eigenvalue weighted by molar-refractivity contribution is 7.80. The maximum Gasteiger partial charge on any atom is 0.218 e. The summed E-state index contributed by atoms with van der Waals surface area (Å²) in [6.45, 7) is 5.44. The number of anilines is 2. The Morgan fingerprint density at radius 1 is 1.11 bits per heavy atom. The van der Waals surface area contributed by atoms with Crippen molar-refractivity contribution in [2.75, 3.05) is 30.8 Å². The van der Waals surface area contributed by atoms with Gasteiger partial charge >= 0.3 is 0 Å². The van der Waals surface area contributed by atoms with Crippen molar-refractivity contribution < 1.29 is 4.74 Å². The Kier molecular flexibility index (Phi) is 5.97. The quantitative estimate of drug-likeness (QED) is 0.443. The number of aryl methyl sites for hydroxylation is 2. The summed E-state index contributed by atoms with van der Waals surface area (Å²) in [5.41, 5.74) is 4.25. The molecule has 8 heteroatoms. The molecule has 0 radical (unpaired) electrons. The molecule has 1 aromatic carbocycles. The third-order valence-electron chi connectivity index (χ3n) is 3.91. The first-order valence-electron chi connectivity index (χ1n) is 8.58. The largest absolute Gasteiger partial charge is 0.481 e. The molecule has 0 amide bonds. The lowest BCUT2D eigenvalue weighted by Gasteiger charge is -2.13. The second kappa shape index (κ2) is 8.59. The lowest BCUT2D eigenvalue weighted by atomic mass is 10.1. The molecule has 0 saturated heterocycles. The number of hydrogen-bond donors (Lipinski definition) is 3. The van der Waals surface area contributed by atoms with Crippen LogP contribution in [0.2, 0.25) is 0 Å². The molecule has 3 rings (SSSR count). The molecule has 0 saturated carbocycles. The summed E-state index contributed by atoms with van der Waals surface area (Å²) in [5.74, 6) is 1.06. The van der Waals surface area contributed by atoms with E-state index in [1.54, 1.807) is 13.2 Å². The smallest absolute Gasteiger partial charge is 0.218 e. The van der Waals surface area contributed by atoms with Gasteiger partial charge in [0.15, 0.2) is 5.11 Å². The molecule has 0 atom stereocenters. The van der Waals surface area contributed by atoms with Crippen molar-refractivity contribution in [3.63, 3.8) is 0 Å². The summed E-state index contributed by atoms with van der Waals surface area (Å²) in [6.07, 6.45) is 1.42. The Hall–Kier alpha value is -3.00. The van der Waals surface area contributed by atoms with Crippen molar-refractivity contribution >= 4 is 39.7 Å². The molecule has 3 N–H and O–H groups in total. The van der Waals surface area contributed by atoms with Crippen molar-refractivity contribution in [1.29, 1.82) is 0 Å². The molecule has 140 valence electrons. The molecular weight excluding hydrogens is 360 g/mol. The van der Waals surface area contributed by atoms with E-state index >= 15 is 0 Å². The predicted octanol–water partition coefficient (Wildman–Crippen LogP) is 3.05. The van der Waals surface area contributed by atoms with E-state index in [4.69, 9.17) is 17.0 Å². The summed E-state index contributed by atoms with van der Waals surface area (Å²) >= 11 is 5.30. The molecule has 27 heavy (non-hydrogen) atoms. The molecule has 0 bridgehead atoms. The van der Waals surface area contributed by atoms with Gasteiger partial charge < -0.3 is 20.7 Å². The van der Waals surface area contributed by atoms with Crippen LogP contribution in [0, 0.1) is 13.8 Å². The van der Waals surface area contributed by atoms with Crippen LogP contribution in [0.15, 0.2) is 36.7 Å². The highest BCUT2D eigenvalue weighted by Gasteiger charge is 2.05. The Morgan fingerprint density at radius 2 is 1.96 bits per heavy atom. The summed E-state index contributed by atoms with van der Waals surface area (Å²) < 4.78 is 5.07. The Morgan fingerprint density at radius 3 is 2.78 bits per heavy atom. The predicted molar refractivity (Wildman–Crippen MR) is 113 cm³/mol. The molecular formula is C19H22N6OS. The van der Waals surface area contributed by atoms with E-state index in [-0.39, 0.29) is 0 Å². The van der Waals surface area contributed by atoms with Crippen molar-refractivity contribution in [3.8, 4) is 5.88 Å². The molecule has 0 aliphatic heterocycles. The maximum atomic E-state index is 5.30. The zero-order valence-corrected chi connectivity index (χ0v) is 16.4. The number of aromatic nitrogens is 3. The Labute approximate surface area is 163 Å². The molecule has 0 aliphatic carbocycles. The average Bonchev–Trinajstić information content (AvgIpc) is 2.65. The van der Waals surface area contributed by atoms with Crippen LogP contribution >= 0.6 is 12.2 Å². The van der Waals surface area contributed by atoms with Crippen LogP contribution in [-0.4, -0.2) is 40.3 Å². The number of rotatable bonds is 6. The number of hydrogen-bond acceptors (Lipinski definition) is 6. The highest BCUT2D eigenvalue weighted by atomic mass is 32.1. The van der Waals surface area contributed by atoms with E-state index in [1.807, 2.05) is 6.92 Å². The highest BCUT2D eigenvalue weighted by Crippen LogP contribution is 2.24. The number of pyridine rings is 1. The Bertz CT molecular complexity index is 962. The van der Waals surface area contributed by atoms with Gasteiger partial charge in [-0.3, -0.25) is 4.98 Å². The number of nitrogens with zero attached hydrogens (tertiary/aromatic N) is 3. The minimum atomic E-state index is 0.479. The zero-order valence-electron chi connectivity index (χ0n) is 15.5. The minimum absolute atomic E-state index is 0.479. The minimum Gasteiger partial charge on any atom is -0.481 e. The van der Waals surface area contributed by atoms with Gasteiger partial charge in [0.1, 0.15) is 12.1 Å². The average molecular weight is 382 g/mol. The van der Waals surface area contributed by atoms with E-state index < -0.39 is 0 Å². The molecule has 7 nitrogen and oxygen atoms in total. The molecule has 0 unspecified atom stereocenters. The first-order chi connectivity index (χ1) is 13.0. The van der Waals surface area contributed by atoms with E-state index in [1.165, 1.54) is 11.9 Å². The van der Waals surface area contributed by atoms with Gasteiger partial charge in [-0.05, 0) is 44.3 Å². The van der Waals surface area contributed by atoms with Crippen LogP contribution in [0.5, 0.6) is 5.88 Å². The number of thiocarbonyl (C=S) groups is 1. The molecule has 2 heterocycles. The van der Waals surface area contributed by atoms with Gasteiger partial charge in [0.05, 0.1) is 12.6 Å². The van der Waals surface area contributed by atoms with Gasteiger partial charge in [-0.15, -0.1) is 0 Å². The third kappa shape index (κ3) is 5.01. The van der Waals surface area contributed by atoms with Crippen LogP contribution in [-0.2, 0) is 0 Å². The number of fused-ring (bicyclic) bond motifs is 1. The van der Waals surface area contributed by atoms with Gasteiger partial charge in [-0.1, -0.05) is 11.6 Å². The van der Waals surface area contributed by atoms with Crippen LogP contribution in [0.1, 0.15) is 11.3 Å². The van der Waals surface area contributed by atoms with Crippen LogP contribution in [0.4, 0.5) is 11.5 Å². The monoisotopic (exact) mass is 382 g/mol. The fraction of sp³-hybridized carbons (Fsp3) is 0.263. The molecule has 0 aliphatic rings. The summed E-state index contributed by atoms with van der Waals surface area (Å²) in [7, 11) is 1.56. The number of benzene rings is 1. The topological polar surface area (TPSA) is 84.0 Å².